The summed E-state index contributed by atoms with van der Waals surface area (Å²) >= 11 is 0. The number of aromatic carboxylic acids is 2. The van der Waals surface area contributed by atoms with Gasteiger partial charge in [-0.25, -0.2) is 9.59 Å². The predicted molar refractivity (Wildman–Crippen MR) is 152 cm³/mol. The molecule has 0 aliphatic heterocycles. The summed E-state index contributed by atoms with van der Waals surface area (Å²) in [6.45, 7) is 7.28. The number of azo groups is 2. The molecular weight excluding hydrogens is 508 g/mol. The molecule has 9 heteroatoms. The van der Waals surface area contributed by atoms with E-state index in [1.54, 1.807) is 31.2 Å². The second kappa shape index (κ2) is 11.7. The van der Waals surface area contributed by atoms with Gasteiger partial charge in [0, 0.05) is 0 Å². The molecule has 0 fully saturated rings. The van der Waals surface area contributed by atoms with E-state index in [4.69, 9.17) is 4.74 Å². The van der Waals surface area contributed by atoms with Crippen molar-refractivity contribution >= 4 is 34.7 Å². The molecule has 40 heavy (non-hydrogen) atoms. The maximum absolute atomic E-state index is 11.7. The summed E-state index contributed by atoms with van der Waals surface area (Å²) in [5.74, 6) is -1.83. The molecule has 0 aliphatic carbocycles. The van der Waals surface area contributed by atoms with E-state index in [0.717, 1.165) is 11.1 Å². The number of aryl methyl sites for hydroxylation is 1. The van der Waals surface area contributed by atoms with Crippen molar-refractivity contribution in [2.45, 2.75) is 33.3 Å². The van der Waals surface area contributed by atoms with Crippen molar-refractivity contribution in [3.05, 3.63) is 102 Å². The molecule has 0 bridgehead atoms. The number of carboxylic acids is 2. The first-order valence-electron chi connectivity index (χ1n) is 12.4. The van der Waals surface area contributed by atoms with Crippen molar-refractivity contribution in [1.82, 2.24) is 0 Å². The number of hydrogen-bond acceptors (Lipinski definition) is 7. The third kappa shape index (κ3) is 7.22. The fourth-order valence-electron chi connectivity index (χ4n) is 3.74. The summed E-state index contributed by atoms with van der Waals surface area (Å²) in [4.78, 5) is 23.0. The molecule has 0 spiro atoms. The molecule has 0 amide bonds. The Hall–Kier alpha value is -5.18. The van der Waals surface area contributed by atoms with Crippen molar-refractivity contribution in [2.24, 2.45) is 20.5 Å². The molecule has 4 aromatic carbocycles. The van der Waals surface area contributed by atoms with E-state index in [9.17, 15) is 19.8 Å². The maximum atomic E-state index is 11.7. The van der Waals surface area contributed by atoms with Crippen LogP contribution in [0, 0.1) is 6.92 Å². The molecule has 2 N–H and O–H groups in total. The smallest absolute Gasteiger partial charge is 0.339 e. The minimum atomic E-state index is -1.10. The summed E-state index contributed by atoms with van der Waals surface area (Å²) < 4.78 is 5.74. The van der Waals surface area contributed by atoms with E-state index in [1.807, 2.05) is 69.3 Å². The Morgan fingerprint density at radius 3 is 1.45 bits per heavy atom. The van der Waals surface area contributed by atoms with Gasteiger partial charge in [-0.05, 0) is 99.0 Å². The second-order valence-electron chi connectivity index (χ2n) is 10.00. The summed E-state index contributed by atoms with van der Waals surface area (Å²) in [6, 6.07) is 24.5. The minimum Gasteiger partial charge on any atom is -0.487 e. The molecule has 9 nitrogen and oxygen atoms in total. The molecule has 202 valence electrons. The van der Waals surface area contributed by atoms with Crippen LogP contribution in [0.2, 0.25) is 0 Å². The van der Waals surface area contributed by atoms with Crippen LogP contribution in [0.4, 0.5) is 22.7 Å². The van der Waals surface area contributed by atoms with Crippen LogP contribution in [0.3, 0.4) is 0 Å². The number of rotatable bonds is 8. The lowest BCUT2D eigenvalue weighted by atomic mass is 10.1. The van der Waals surface area contributed by atoms with E-state index in [0.29, 0.717) is 28.3 Å². The lowest BCUT2D eigenvalue weighted by Crippen LogP contribution is -2.24. The average molecular weight is 537 g/mol. The summed E-state index contributed by atoms with van der Waals surface area (Å²) in [6.07, 6.45) is 0. The number of nitrogens with zero attached hydrogens (tertiary/aromatic N) is 4. The topological polar surface area (TPSA) is 133 Å². The van der Waals surface area contributed by atoms with Crippen molar-refractivity contribution in [3.8, 4) is 16.9 Å². The second-order valence-corrected chi connectivity index (χ2v) is 10.00. The molecule has 0 saturated heterocycles. The van der Waals surface area contributed by atoms with E-state index in [1.165, 1.54) is 12.1 Å². The van der Waals surface area contributed by atoms with Gasteiger partial charge in [0.2, 0.25) is 0 Å². The Morgan fingerprint density at radius 2 is 1.00 bits per heavy atom. The Balaban J connectivity index is 1.44. The summed E-state index contributed by atoms with van der Waals surface area (Å²) in [5.41, 5.74) is 4.38. The highest BCUT2D eigenvalue weighted by atomic mass is 16.5. The minimum absolute atomic E-state index is 0.0218. The van der Waals surface area contributed by atoms with Crippen LogP contribution in [0.15, 0.2) is 105 Å². The summed E-state index contributed by atoms with van der Waals surface area (Å²) in [7, 11) is 0. The largest absolute Gasteiger partial charge is 0.487 e. The zero-order valence-electron chi connectivity index (χ0n) is 22.5. The highest BCUT2D eigenvalue weighted by Gasteiger charge is 2.18. The third-order valence-electron chi connectivity index (χ3n) is 5.69. The Kier molecular flexibility index (Phi) is 8.14. The van der Waals surface area contributed by atoms with Gasteiger partial charge in [0.05, 0.1) is 28.3 Å². The molecule has 4 rings (SSSR count). The molecule has 0 radical (unpaired) electrons. The fourth-order valence-corrected chi connectivity index (χ4v) is 3.74. The van der Waals surface area contributed by atoms with Gasteiger partial charge in [0.25, 0.3) is 0 Å². The van der Waals surface area contributed by atoms with Gasteiger partial charge in [-0.15, -0.1) is 0 Å². The van der Waals surface area contributed by atoms with Crippen LogP contribution in [-0.4, -0.2) is 27.8 Å². The maximum Gasteiger partial charge on any atom is 0.339 e. The quantitative estimate of drug-likeness (QED) is 0.217. The summed E-state index contributed by atoms with van der Waals surface area (Å²) in [5, 5.41) is 35.6. The highest BCUT2D eigenvalue weighted by molar-refractivity contribution is 5.92. The first kappa shape index (κ1) is 27.8. The van der Waals surface area contributed by atoms with Gasteiger partial charge in [-0.1, -0.05) is 30.3 Å². The molecule has 4 aromatic rings. The predicted octanol–water partition coefficient (Wildman–Crippen LogP) is 9.07. The molecule has 0 aliphatic rings. The number of carbonyl (C=O) groups is 2. The van der Waals surface area contributed by atoms with E-state index in [-0.39, 0.29) is 16.9 Å². The number of carboxylic acid groups (broad SMARTS) is 2. The molecule has 0 heterocycles. The van der Waals surface area contributed by atoms with Crippen LogP contribution in [0.25, 0.3) is 11.1 Å². The Morgan fingerprint density at radius 1 is 0.600 bits per heavy atom. The van der Waals surface area contributed by atoms with Crippen LogP contribution >= 0.6 is 0 Å². The van der Waals surface area contributed by atoms with Crippen molar-refractivity contribution in [1.29, 1.82) is 0 Å². The van der Waals surface area contributed by atoms with Gasteiger partial charge >= 0.3 is 11.9 Å². The number of benzene rings is 4. The van der Waals surface area contributed by atoms with Gasteiger partial charge in [-0.3, -0.25) is 0 Å². The van der Waals surface area contributed by atoms with Crippen LogP contribution in [0.1, 0.15) is 47.1 Å². The van der Waals surface area contributed by atoms with E-state index >= 15 is 0 Å². The normalized spacial score (nSPS) is 11.7. The van der Waals surface area contributed by atoms with Gasteiger partial charge < -0.3 is 14.9 Å². The fraction of sp³-hybridized carbons (Fsp3) is 0.161. The first-order chi connectivity index (χ1) is 19.0. The highest BCUT2D eigenvalue weighted by Crippen LogP contribution is 2.30. The Bertz CT molecular complexity index is 1600. The number of ether oxygens (including phenoxy) is 1. The molecule has 0 saturated carbocycles. The van der Waals surface area contributed by atoms with Crippen molar-refractivity contribution in [3.63, 3.8) is 0 Å². The molecule has 0 aromatic heterocycles. The van der Waals surface area contributed by atoms with Gasteiger partial charge in [0.1, 0.15) is 16.9 Å². The van der Waals surface area contributed by atoms with Crippen molar-refractivity contribution in [2.75, 3.05) is 0 Å². The molecule has 0 atom stereocenters. The number of hydrogen-bond donors (Lipinski definition) is 2. The molecule has 0 unspecified atom stereocenters. The SMILES string of the molecule is Cc1ccc(/N=N/c2ccc(-c3ccc(/N=N/c4ccc(OC(C)(C)C)c(C(=O)O)c4)cc3)cc2)cc1C(=O)O. The molecular formula is C31H28N4O5. The lowest BCUT2D eigenvalue weighted by molar-refractivity contribution is 0.0674. The van der Waals surface area contributed by atoms with Crippen LogP contribution in [-0.2, 0) is 0 Å². The van der Waals surface area contributed by atoms with Crippen LogP contribution in [0.5, 0.6) is 5.75 Å². The third-order valence-corrected chi connectivity index (χ3v) is 5.69. The van der Waals surface area contributed by atoms with Gasteiger partial charge in [-0.2, -0.15) is 20.5 Å². The Labute approximate surface area is 231 Å². The zero-order valence-corrected chi connectivity index (χ0v) is 22.5. The van der Waals surface area contributed by atoms with Gasteiger partial charge in [0.15, 0.2) is 0 Å². The standard InChI is InChI=1S/C31H28N4O5/c1-19-5-10-24(17-26(19)29(36)37)34-32-22-11-6-20(7-12-22)21-8-13-23(14-9-21)33-35-25-15-16-28(40-31(2,3)4)27(18-25)30(38)39/h5-18H,1-4H3,(H,36,37)(H,38,39)/b34-32+,35-33+. The van der Waals surface area contributed by atoms with Crippen LogP contribution < -0.4 is 4.74 Å². The van der Waals surface area contributed by atoms with E-state index in [2.05, 4.69) is 20.5 Å². The monoisotopic (exact) mass is 536 g/mol. The van der Waals surface area contributed by atoms with E-state index < -0.39 is 17.5 Å². The lowest BCUT2D eigenvalue weighted by Gasteiger charge is -2.22. The zero-order chi connectivity index (χ0) is 28.9. The van der Waals surface area contributed by atoms with Crippen molar-refractivity contribution < 1.29 is 24.5 Å². The first-order valence-corrected chi connectivity index (χ1v) is 12.4. The average Bonchev–Trinajstić information content (AvgIpc) is 2.91.